The molecule has 13 nitrogen and oxygen atoms in total. The number of esters is 4. The van der Waals surface area contributed by atoms with Crippen molar-refractivity contribution in [1.82, 2.24) is 4.90 Å². The number of unbranched alkanes of at least 4 members (excludes halogenated alkanes) is 22. The number of hydrogen-bond acceptors (Lipinski definition) is 13. The number of carbonyl (C=O) groups is 4. The Morgan fingerprint density at radius 2 is 0.662 bits per heavy atom. The lowest BCUT2D eigenvalue weighted by atomic mass is 9.94. The molecule has 13 heteroatoms. The molecule has 3 atom stereocenters. The minimum absolute atomic E-state index is 0.00286. The summed E-state index contributed by atoms with van der Waals surface area (Å²) in [5.41, 5.74) is 0. The molecule has 0 aliphatic carbocycles. The maximum atomic E-state index is 13.6. The van der Waals surface area contributed by atoms with Gasteiger partial charge in [0.15, 0.2) is 0 Å². The van der Waals surface area contributed by atoms with Crippen molar-refractivity contribution in [3.05, 3.63) is 0 Å². The molecule has 0 aromatic rings. The molecule has 0 spiro atoms. The van der Waals surface area contributed by atoms with Crippen molar-refractivity contribution in [3.8, 4) is 0 Å². The zero-order valence-electron chi connectivity index (χ0n) is 44.8. The summed E-state index contributed by atoms with van der Waals surface area (Å²) in [6.07, 6.45) is 34.2. The third kappa shape index (κ3) is 40.4. The number of nitrogens with zero attached hydrogens (tertiary/aromatic N) is 1. The molecular formula is C55H105NO12. The highest BCUT2D eigenvalue weighted by atomic mass is 17.2. The average Bonchev–Trinajstić information content (AvgIpc) is 3.33. The van der Waals surface area contributed by atoms with Gasteiger partial charge in [0.2, 0.25) is 0 Å². The van der Waals surface area contributed by atoms with E-state index in [0.717, 1.165) is 89.9 Å². The van der Waals surface area contributed by atoms with Crippen LogP contribution in [0.25, 0.3) is 0 Å². The minimum Gasteiger partial charge on any atom is -0.466 e. The average molecular weight is 972 g/mol. The monoisotopic (exact) mass is 972 g/mol. The topological polar surface area (TPSA) is 145 Å². The number of ether oxygens (including phenoxy) is 4. The predicted molar refractivity (Wildman–Crippen MR) is 272 cm³/mol. The Morgan fingerprint density at radius 3 is 1.03 bits per heavy atom. The third-order valence-electron chi connectivity index (χ3n) is 12.9. The van der Waals surface area contributed by atoms with Crippen LogP contribution in [0.4, 0.5) is 0 Å². The summed E-state index contributed by atoms with van der Waals surface area (Å²) >= 11 is 0. The Hall–Kier alpha value is -2.32. The third-order valence-corrected chi connectivity index (χ3v) is 12.9. The van der Waals surface area contributed by atoms with Gasteiger partial charge in [-0.15, -0.1) is 0 Å². The number of hydrogen-bond donors (Lipinski definition) is 0. The van der Waals surface area contributed by atoms with Crippen LogP contribution in [-0.4, -0.2) is 102 Å². The van der Waals surface area contributed by atoms with Crippen LogP contribution in [0.3, 0.4) is 0 Å². The van der Waals surface area contributed by atoms with Crippen LogP contribution < -0.4 is 0 Å². The number of carbonyl (C=O) groups excluding carboxylic acids is 4. The van der Waals surface area contributed by atoms with Gasteiger partial charge >= 0.3 is 23.9 Å². The molecule has 68 heavy (non-hydrogen) atoms. The predicted octanol–water partition coefficient (Wildman–Crippen LogP) is 13.6. The summed E-state index contributed by atoms with van der Waals surface area (Å²) in [4.78, 5) is 74.1. The molecule has 0 rings (SSSR count). The quantitative estimate of drug-likeness (QED) is 0.0188. The molecule has 0 radical (unpaired) electrons. The van der Waals surface area contributed by atoms with Crippen LogP contribution >= 0.6 is 0 Å². The maximum Gasteiger partial charge on any atom is 0.323 e. The van der Waals surface area contributed by atoms with Gasteiger partial charge in [0.1, 0.15) is 6.04 Å². The maximum absolute atomic E-state index is 13.6. The van der Waals surface area contributed by atoms with Crippen LogP contribution in [0, 0.1) is 11.8 Å². The van der Waals surface area contributed by atoms with E-state index in [-0.39, 0.29) is 69.0 Å². The van der Waals surface area contributed by atoms with Crippen LogP contribution in [0.2, 0.25) is 0 Å². The molecule has 0 saturated carbocycles. The lowest BCUT2D eigenvalue weighted by molar-refractivity contribution is -0.281. The van der Waals surface area contributed by atoms with E-state index in [1.807, 2.05) is 4.90 Å². The van der Waals surface area contributed by atoms with Crippen LogP contribution in [0.15, 0.2) is 0 Å². The second-order valence-electron chi connectivity index (χ2n) is 18.8. The Labute approximate surface area is 416 Å². The van der Waals surface area contributed by atoms with E-state index < -0.39 is 12.0 Å². The van der Waals surface area contributed by atoms with Crippen LogP contribution in [0.5, 0.6) is 0 Å². The molecule has 0 fully saturated rings. The first-order valence-corrected chi connectivity index (χ1v) is 28.0. The largest absolute Gasteiger partial charge is 0.466 e. The summed E-state index contributed by atoms with van der Waals surface area (Å²) < 4.78 is 22.8. The summed E-state index contributed by atoms with van der Waals surface area (Å²) in [7, 11) is 2.85. The Bertz CT molecular complexity index is 1130. The summed E-state index contributed by atoms with van der Waals surface area (Å²) in [5.74, 6) is -0.884. The van der Waals surface area contributed by atoms with Crippen molar-refractivity contribution in [2.45, 2.75) is 252 Å². The van der Waals surface area contributed by atoms with E-state index in [2.05, 4.69) is 27.7 Å². The van der Waals surface area contributed by atoms with Crippen LogP contribution in [-0.2, 0) is 57.7 Å². The number of rotatable bonds is 53. The van der Waals surface area contributed by atoms with Gasteiger partial charge in [0, 0.05) is 19.5 Å². The fourth-order valence-electron chi connectivity index (χ4n) is 8.56. The summed E-state index contributed by atoms with van der Waals surface area (Å²) in [6, 6.07) is -0.737. The highest BCUT2D eigenvalue weighted by Gasteiger charge is 2.29. The molecule has 0 heterocycles. The van der Waals surface area contributed by atoms with Crippen molar-refractivity contribution < 1.29 is 57.7 Å². The molecule has 0 aromatic heterocycles. The lowest BCUT2D eigenvalue weighted by Gasteiger charge is -2.29. The molecule has 0 aromatic carbocycles. The van der Waals surface area contributed by atoms with Gasteiger partial charge < -0.3 is 18.9 Å². The van der Waals surface area contributed by atoms with E-state index in [1.54, 1.807) is 0 Å². The van der Waals surface area contributed by atoms with E-state index in [0.29, 0.717) is 39.1 Å². The van der Waals surface area contributed by atoms with E-state index in [9.17, 15) is 19.2 Å². The minimum atomic E-state index is -0.737. The van der Waals surface area contributed by atoms with E-state index >= 15 is 0 Å². The molecule has 0 aliphatic rings. The van der Waals surface area contributed by atoms with Crippen molar-refractivity contribution in [3.63, 3.8) is 0 Å². The fourth-order valence-corrected chi connectivity index (χ4v) is 8.56. The van der Waals surface area contributed by atoms with Gasteiger partial charge in [-0.1, -0.05) is 156 Å². The van der Waals surface area contributed by atoms with Crippen LogP contribution in [0.1, 0.15) is 246 Å². The lowest BCUT2D eigenvalue weighted by Crippen LogP contribution is -2.46. The first-order valence-electron chi connectivity index (χ1n) is 28.0. The van der Waals surface area contributed by atoms with E-state index in [1.165, 1.54) is 117 Å². The molecule has 0 N–H and O–H groups in total. The van der Waals surface area contributed by atoms with Crippen molar-refractivity contribution in [2.24, 2.45) is 11.8 Å². The molecule has 0 amide bonds. The van der Waals surface area contributed by atoms with Crippen molar-refractivity contribution in [1.29, 1.82) is 0 Å². The highest BCUT2D eigenvalue weighted by Crippen LogP contribution is 2.23. The molecular weight excluding hydrogens is 867 g/mol. The Morgan fingerprint density at radius 1 is 0.353 bits per heavy atom. The molecule has 0 aliphatic heterocycles. The first kappa shape index (κ1) is 65.7. The van der Waals surface area contributed by atoms with Gasteiger partial charge in [-0.2, -0.15) is 0 Å². The Kier molecular flexibility index (Phi) is 49.3. The van der Waals surface area contributed by atoms with Gasteiger partial charge in [0.05, 0.1) is 65.7 Å². The second-order valence-corrected chi connectivity index (χ2v) is 18.8. The normalized spacial score (nSPS) is 12.8. The Balaban J connectivity index is 4.85. The summed E-state index contributed by atoms with van der Waals surface area (Å²) in [6.45, 7) is 11.3. The van der Waals surface area contributed by atoms with Crippen molar-refractivity contribution >= 4 is 23.9 Å². The van der Waals surface area contributed by atoms with Gasteiger partial charge in [-0.25, -0.2) is 19.6 Å². The van der Waals surface area contributed by atoms with Crippen molar-refractivity contribution in [2.75, 3.05) is 67.0 Å². The zero-order chi connectivity index (χ0) is 50.0. The first-order chi connectivity index (χ1) is 33.3. The summed E-state index contributed by atoms with van der Waals surface area (Å²) in [5, 5.41) is 0. The molecule has 3 unspecified atom stereocenters. The smallest absolute Gasteiger partial charge is 0.323 e. The van der Waals surface area contributed by atoms with Gasteiger partial charge in [-0.05, 0) is 83.5 Å². The van der Waals surface area contributed by atoms with Gasteiger partial charge in [-0.3, -0.25) is 24.1 Å². The fraction of sp³-hybridized carbons (Fsp3) is 0.927. The van der Waals surface area contributed by atoms with Gasteiger partial charge in [0.25, 0.3) is 0 Å². The zero-order valence-corrected chi connectivity index (χ0v) is 44.8. The highest BCUT2D eigenvalue weighted by molar-refractivity contribution is 5.77. The molecule has 402 valence electrons. The molecule has 0 bridgehead atoms. The standard InChI is InChI=1S/C55H105NO12/c1-7-11-15-19-21-29-37-49(35-27-17-13-9-3)53(58)64-44-32-24-23-31-43-63-52(57)40-39-51(56(41-47-67-61-5)42-48-68-62-6)55(60)66-46-34-26-25-33-45-65-54(59)50(36-28-18-14-10-4)38-30-22-20-16-12-8-2/h49-51H,7-48H2,1-6H3. The molecule has 0 saturated heterocycles. The SMILES string of the molecule is CCCCCCCCC(CCCCCC)C(=O)OCCCCCCOC(=O)CCC(C(=O)OCCCCCCOC(=O)C(CCCCCC)CCCCCCCC)N(CCOOC)CCOOC. The second kappa shape index (κ2) is 51.0. The van der Waals surface area contributed by atoms with E-state index in [4.69, 9.17) is 38.5 Å².